The molecular formula is C21H17N5O4. The van der Waals surface area contributed by atoms with Crippen molar-refractivity contribution < 1.29 is 14.6 Å². The number of hydrogen-bond acceptors (Lipinski definition) is 7. The average Bonchev–Trinajstić information content (AvgIpc) is 2.75. The Hall–Kier alpha value is -4.45. The van der Waals surface area contributed by atoms with E-state index in [2.05, 4.69) is 15.6 Å². The van der Waals surface area contributed by atoms with Crippen molar-refractivity contribution >= 4 is 12.1 Å². The van der Waals surface area contributed by atoms with Crippen LogP contribution in [0.5, 0.6) is 11.5 Å². The molecule has 1 heterocycles. The normalized spacial score (nSPS) is 10.6. The predicted octanol–water partition coefficient (Wildman–Crippen LogP) is 1.89. The molecule has 0 saturated carbocycles. The molecule has 1 amide bonds. The molecule has 9 heteroatoms. The van der Waals surface area contributed by atoms with Crippen molar-refractivity contribution in [2.75, 3.05) is 7.11 Å². The van der Waals surface area contributed by atoms with E-state index >= 15 is 0 Å². The van der Waals surface area contributed by atoms with Crippen LogP contribution in [0.4, 0.5) is 0 Å². The van der Waals surface area contributed by atoms with E-state index in [0.717, 1.165) is 4.68 Å². The van der Waals surface area contributed by atoms with Gasteiger partial charge in [-0.1, -0.05) is 0 Å². The standard InChI is InChI=1S/C21H17N5O4/c1-13-18(11-22)21(29)26(15-5-9-17(30-2)10-6-15)25-19(13)20(28)24-23-12-14-3-7-16(27)8-4-14/h3-10,12,27H,1-2H3,(H,24,28)/b23-12+. The minimum Gasteiger partial charge on any atom is -0.508 e. The zero-order valence-corrected chi connectivity index (χ0v) is 16.2. The van der Waals surface area contributed by atoms with Gasteiger partial charge in [0.15, 0.2) is 5.69 Å². The maximum Gasteiger partial charge on any atom is 0.292 e. The van der Waals surface area contributed by atoms with E-state index in [9.17, 15) is 20.0 Å². The SMILES string of the molecule is COc1ccc(-n2nc(C(=O)N/N=C/c3ccc(O)cc3)c(C)c(C#N)c2=O)cc1. The number of hydrazone groups is 1. The van der Waals surface area contributed by atoms with Gasteiger partial charge in [-0.2, -0.15) is 20.1 Å². The smallest absolute Gasteiger partial charge is 0.292 e. The third-order valence-electron chi connectivity index (χ3n) is 4.25. The summed E-state index contributed by atoms with van der Waals surface area (Å²) in [5, 5.41) is 26.7. The molecule has 0 bridgehead atoms. The number of phenols is 1. The zero-order valence-electron chi connectivity index (χ0n) is 16.2. The first-order valence-electron chi connectivity index (χ1n) is 8.75. The van der Waals surface area contributed by atoms with Crippen LogP contribution in [0.2, 0.25) is 0 Å². The molecule has 0 radical (unpaired) electrons. The fourth-order valence-corrected chi connectivity index (χ4v) is 2.63. The lowest BCUT2D eigenvalue weighted by Gasteiger charge is -2.11. The number of phenolic OH excluding ortho intramolecular Hbond substituents is 1. The third kappa shape index (κ3) is 4.18. The summed E-state index contributed by atoms with van der Waals surface area (Å²) >= 11 is 0. The van der Waals surface area contributed by atoms with Gasteiger partial charge in [-0.15, -0.1) is 0 Å². The zero-order chi connectivity index (χ0) is 21.7. The van der Waals surface area contributed by atoms with Crippen molar-refractivity contribution in [2.45, 2.75) is 6.92 Å². The van der Waals surface area contributed by atoms with E-state index in [0.29, 0.717) is 17.0 Å². The summed E-state index contributed by atoms with van der Waals surface area (Å²) in [6, 6.07) is 14.5. The average molecular weight is 403 g/mol. The lowest BCUT2D eigenvalue weighted by atomic mass is 10.1. The van der Waals surface area contributed by atoms with Gasteiger partial charge in [0.25, 0.3) is 11.5 Å². The number of ether oxygens (including phenoxy) is 1. The quantitative estimate of drug-likeness (QED) is 0.494. The topological polar surface area (TPSA) is 130 Å². The predicted molar refractivity (Wildman–Crippen MR) is 109 cm³/mol. The molecule has 3 aromatic rings. The van der Waals surface area contributed by atoms with Crippen LogP contribution in [-0.4, -0.2) is 34.1 Å². The second-order valence-corrected chi connectivity index (χ2v) is 6.17. The Labute approximate surface area is 171 Å². The molecule has 0 aliphatic heterocycles. The number of aromatic nitrogens is 2. The van der Waals surface area contributed by atoms with E-state index in [1.165, 1.54) is 32.4 Å². The second kappa shape index (κ2) is 8.70. The number of carbonyl (C=O) groups excluding carboxylic acids is 1. The number of amides is 1. The minimum atomic E-state index is -0.679. The first-order valence-corrected chi connectivity index (χ1v) is 8.75. The van der Waals surface area contributed by atoms with Crippen molar-refractivity contribution in [1.82, 2.24) is 15.2 Å². The first-order chi connectivity index (χ1) is 14.4. The lowest BCUT2D eigenvalue weighted by Crippen LogP contribution is -2.31. The summed E-state index contributed by atoms with van der Waals surface area (Å²) < 4.78 is 6.08. The second-order valence-electron chi connectivity index (χ2n) is 6.17. The van der Waals surface area contributed by atoms with E-state index in [4.69, 9.17) is 4.74 Å². The van der Waals surface area contributed by atoms with Crippen molar-refractivity contribution in [1.29, 1.82) is 5.26 Å². The van der Waals surface area contributed by atoms with E-state index < -0.39 is 11.5 Å². The molecule has 0 fully saturated rings. The Bertz CT molecular complexity index is 1210. The molecule has 9 nitrogen and oxygen atoms in total. The highest BCUT2D eigenvalue weighted by Gasteiger charge is 2.20. The van der Waals surface area contributed by atoms with Crippen molar-refractivity contribution in [3.8, 4) is 23.3 Å². The molecule has 2 N–H and O–H groups in total. The number of hydrogen-bond donors (Lipinski definition) is 2. The van der Waals surface area contributed by atoms with Crippen LogP contribution >= 0.6 is 0 Å². The van der Waals surface area contributed by atoms with Gasteiger partial charge >= 0.3 is 0 Å². The van der Waals surface area contributed by atoms with Crippen molar-refractivity contribution in [3.63, 3.8) is 0 Å². The molecule has 1 aromatic heterocycles. The fourth-order valence-electron chi connectivity index (χ4n) is 2.63. The van der Waals surface area contributed by atoms with Crippen molar-refractivity contribution in [2.24, 2.45) is 5.10 Å². The maximum absolute atomic E-state index is 12.6. The minimum absolute atomic E-state index is 0.107. The van der Waals surface area contributed by atoms with Crippen molar-refractivity contribution in [3.05, 3.63) is 81.3 Å². The van der Waals surface area contributed by atoms with Gasteiger partial charge in [-0.25, -0.2) is 5.43 Å². The molecule has 0 unspecified atom stereocenters. The van der Waals surface area contributed by atoms with Gasteiger partial charge in [0, 0.05) is 5.56 Å². The fraction of sp³-hybridized carbons (Fsp3) is 0.0952. The summed E-state index contributed by atoms with van der Waals surface area (Å²) in [7, 11) is 1.51. The molecule has 0 saturated heterocycles. The van der Waals surface area contributed by atoms with Crippen LogP contribution in [0.25, 0.3) is 5.69 Å². The molecule has 2 aromatic carbocycles. The molecule has 30 heavy (non-hydrogen) atoms. The summed E-state index contributed by atoms with van der Waals surface area (Å²) in [5.41, 5.74) is 2.59. The van der Waals surface area contributed by atoms with Gasteiger partial charge in [0.2, 0.25) is 0 Å². The van der Waals surface area contributed by atoms with E-state index in [1.807, 2.05) is 6.07 Å². The Morgan fingerprint density at radius 1 is 1.23 bits per heavy atom. The molecule has 0 aliphatic carbocycles. The van der Waals surface area contributed by atoms with Gasteiger partial charge in [-0.05, 0) is 61.0 Å². The molecule has 0 atom stereocenters. The largest absolute Gasteiger partial charge is 0.508 e. The Balaban J connectivity index is 1.95. The Kier molecular flexibility index (Phi) is 5.89. The highest BCUT2D eigenvalue weighted by molar-refractivity contribution is 5.94. The summed E-state index contributed by atoms with van der Waals surface area (Å²) in [4.78, 5) is 25.2. The Morgan fingerprint density at radius 2 is 1.90 bits per heavy atom. The number of nitrogens with one attached hydrogen (secondary N) is 1. The summed E-state index contributed by atoms with van der Waals surface area (Å²) in [6.07, 6.45) is 1.39. The number of nitrogens with zero attached hydrogens (tertiary/aromatic N) is 4. The van der Waals surface area contributed by atoms with Gasteiger partial charge in [0.05, 0.1) is 19.0 Å². The maximum atomic E-state index is 12.6. The van der Waals surface area contributed by atoms with Gasteiger partial charge in [0.1, 0.15) is 23.1 Å². The number of benzene rings is 2. The lowest BCUT2D eigenvalue weighted by molar-refractivity contribution is 0.0947. The Morgan fingerprint density at radius 3 is 2.50 bits per heavy atom. The number of carbonyl (C=O) groups is 1. The highest BCUT2D eigenvalue weighted by Crippen LogP contribution is 2.15. The highest BCUT2D eigenvalue weighted by atomic mass is 16.5. The number of rotatable bonds is 5. The van der Waals surface area contributed by atoms with E-state index in [-0.39, 0.29) is 22.6 Å². The molecule has 0 aliphatic rings. The molecule has 3 rings (SSSR count). The number of nitriles is 1. The van der Waals surface area contributed by atoms with Crippen LogP contribution < -0.4 is 15.7 Å². The first kappa shape index (κ1) is 20.3. The van der Waals surface area contributed by atoms with Gasteiger partial charge < -0.3 is 9.84 Å². The third-order valence-corrected chi connectivity index (χ3v) is 4.25. The van der Waals surface area contributed by atoms with Crippen LogP contribution in [0.3, 0.4) is 0 Å². The van der Waals surface area contributed by atoms with E-state index in [1.54, 1.807) is 36.4 Å². The monoisotopic (exact) mass is 403 g/mol. The molecule has 150 valence electrons. The van der Waals surface area contributed by atoms with Crippen LogP contribution in [0.1, 0.15) is 27.2 Å². The van der Waals surface area contributed by atoms with Crippen LogP contribution in [0, 0.1) is 18.3 Å². The molecular weight excluding hydrogens is 386 g/mol. The summed E-state index contributed by atoms with van der Waals surface area (Å²) in [5.74, 6) is 0.0167. The molecule has 0 spiro atoms. The number of methoxy groups -OCH3 is 1. The number of aromatic hydroxyl groups is 1. The summed E-state index contributed by atoms with van der Waals surface area (Å²) in [6.45, 7) is 1.48. The van der Waals surface area contributed by atoms with Crippen LogP contribution in [0.15, 0.2) is 58.4 Å². The van der Waals surface area contributed by atoms with Crippen LogP contribution in [-0.2, 0) is 0 Å². The van der Waals surface area contributed by atoms with Gasteiger partial charge in [-0.3, -0.25) is 9.59 Å².